The third-order valence-corrected chi connectivity index (χ3v) is 5.60. The van der Waals surface area contributed by atoms with Gasteiger partial charge in [-0.3, -0.25) is 19.7 Å². The fourth-order valence-corrected chi connectivity index (χ4v) is 3.57. The first-order valence-electron chi connectivity index (χ1n) is 8.76. The van der Waals surface area contributed by atoms with Crippen LogP contribution in [0.25, 0.3) is 0 Å². The standard InChI is InChI=1S/C18H18ClFN4O7S/c1-23(2)15-6-4-12(8-16(15)24(27)28)32(29,30)21-9-18(26)31-10-17(25)22-11-3-5-14(20)13(19)7-11/h3-8,21H,9-10H2,1-2H3,(H,22,25). The molecule has 0 atom stereocenters. The van der Waals surface area contributed by atoms with E-state index in [9.17, 15) is 32.5 Å². The van der Waals surface area contributed by atoms with Crippen LogP contribution in [0, 0.1) is 15.9 Å². The Hall–Kier alpha value is -3.29. The smallest absolute Gasteiger partial charge is 0.321 e. The van der Waals surface area contributed by atoms with Gasteiger partial charge < -0.3 is 15.0 Å². The second-order valence-corrected chi connectivity index (χ2v) is 8.64. The maximum absolute atomic E-state index is 13.1. The van der Waals surface area contributed by atoms with E-state index < -0.39 is 56.4 Å². The van der Waals surface area contributed by atoms with Gasteiger partial charge in [-0.25, -0.2) is 12.8 Å². The van der Waals surface area contributed by atoms with Gasteiger partial charge in [0.1, 0.15) is 18.0 Å². The molecule has 0 bridgehead atoms. The van der Waals surface area contributed by atoms with Crippen LogP contribution in [-0.2, 0) is 24.3 Å². The minimum atomic E-state index is -4.27. The van der Waals surface area contributed by atoms with Crippen LogP contribution in [0.15, 0.2) is 41.3 Å². The van der Waals surface area contributed by atoms with Gasteiger partial charge in [0.05, 0.1) is 14.8 Å². The Morgan fingerprint density at radius 1 is 1.22 bits per heavy atom. The predicted octanol–water partition coefficient (Wildman–Crippen LogP) is 1.91. The molecule has 0 aliphatic rings. The van der Waals surface area contributed by atoms with Gasteiger partial charge in [-0.15, -0.1) is 0 Å². The minimum Gasteiger partial charge on any atom is -0.455 e. The monoisotopic (exact) mass is 488 g/mol. The van der Waals surface area contributed by atoms with Gasteiger partial charge >= 0.3 is 5.97 Å². The summed E-state index contributed by atoms with van der Waals surface area (Å²) in [5, 5.41) is 13.3. The molecule has 0 spiro atoms. The lowest BCUT2D eigenvalue weighted by molar-refractivity contribution is -0.384. The molecule has 0 aliphatic carbocycles. The molecule has 0 unspecified atom stereocenters. The molecule has 0 radical (unpaired) electrons. The highest BCUT2D eigenvalue weighted by atomic mass is 35.5. The average Bonchev–Trinajstić information content (AvgIpc) is 2.73. The summed E-state index contributed by atoms with van der Waals surface area (Å²) in [6.07, 6.45) is 0. The molecule has 1 amide bonds. The topological polar surface area (TPSA) is 148 Å². The molecular weight excluding hydrogens is 471 g/mol. The number of carbonyl (C=O) groups excluding carboxylic acids is 2. The molecule has 0 fully saturated rings. The maximum atomic E-state index is 13.1. The molecule has 2 aromatic rings. The highest BCUT2D eigenvalue weighted by molar-refractivity contribution is 7.89. The summed E-state index contributed by atoms with van der Waals surface area (Å²) in [6, 6.07) is 6.72. The molecule has 2 N–H and O–H groups in total. The van der Waals surface area contributed by atoms with Crippen LogP contribution >= 0.6 is 11.6 Å². The molecule has 14 heteroatoms. The molecule has 0 aromatic heterocycles. The molecular formula is C18H18ClFN4O7S. The van der Waals surface area contributed by atoms with Crippen LogP contribution in [0.3, 0.4) is 0 Å². The van der Waals surface area contributed by atoms with E-state index in [0.717, 1.165) is 24.3 Å². The SMILES string of the molecule is CN(C)c1ccc(S(=O)(=O)NCC(=O)OCC(=O)Nc2ccc(F)c(Cl)c2)cc1[N+](=O)[O-]. The second kappa shape index (κ2) is 10.3. The van der Waals surface area contributed by atoms with Crippen molar-refractivity contribution in [3.63, 3.8) is 0 Å². The summed E-state index contributed by atoms with van der Waals surface area (Å²) < 4.78 is 44.4. The minimum absolute atomic E-state index is 0.168. The number of nitrogens with one attached hydrogen (secondary N) is 2. The molecule has 2 rings (SSSR count). The van der Waals surface area contributed by atoms with E-state index in [2.05, 4.69) is 10.1 Å². The Kier molecular flexibility index (Phi) is 8.08. The number of hydrogen-bond donors (Lipinski definition) is 2. The highest BCUT2D eigenvalue weighted by Crippen LogP contribution is 2.29. The lowest BCUT2D eigenvalue weighted by atomic mass is 10.2. The zero-order chi connectivity index (χ0) is 24.1. The van der Waals surface area contributed by atoms with Gasteiger partial charge in [0.25, 0.3) is 11.6 Å². The number of nitro benzene ring substituents is 1. The van der Waals surface area contributed by atoms with Crippen molar-refractivity contribution in [3.8, 4) is 0 Å². The van der Waals surface area contributed by atoms with E-state index >= 15 is 0 Å². The van der Waals surface area contributed by atoms with Gasteiger partial charge in [-0.2, -0.15) is 4.72 Å². The molecule has 32 heavy (non-hydrogen) atoms. The Labute approximate surface area is 187 Å². The van der Waals surface area contributed by atoms with Crippen LogP contribution < -0.4 is 14.9 Å². The van der Waals surface area contributed by atoms with Gasteiger partial charge in [-0.05, 0) is 30.3 Å². The number of amides is 1. The second-order valence-electron chi connectivity index (χ2n) is 6.46. The van der Waals surface area contributed by atoms with Crippen LogP contribution in [0.5, 0.6) is 0 Å². The maximum Gasteiger partial charge on any atom is 0.321 e. The van der Waals surface area contributed by atoms with E-state index in [0.29, 0.717) is 0 Å². The molecule has 0 saturated carbocycles. The van der Waals surface area contributed by atoms with Gasteiger partial charge in [0.2, 0.25) is 10.0 Å². The Morgan fingerprint density at radius 2 is 1.91 bits per heavy atom. The number of rotatable bonds is 9. The molecule has 172 valence electrons. The summed E-state index contributed by atoms with van der Waals surface area (Å²) in [4.78, 5) is 35.1. The number of nitro groups is 1. The van der Waals surface area contributed by atoms with Gasteiger partial charge in [-0.1, -0.05) is 11.6 Å². The number of anilines is 2. The predicted molar refractivity (Wildman–Crippen MR) is 114 cm³/mol. The summed E-state index contributed by atoms with van der Waals surface area (Å²) in [5.74, 6) is -2.51. The molecule has 2 aromatic carbocycles. The lowest BCUT2D eigenvalue weighted by Gasteiger charge is -2.13. The van der Waals surface area contributed by atoms with Crippen molar-refractivity contribution >= 4 is 50.6 Å². The van der Waals surface area contributed by atoms with E-state index in [-0.39, 0.29) is 16.4 Å². The number of halogens is 2. The lowest BCUT2D eigenvalue weighted by Crippen LogP contribution is -2.32. The first-order valence-corrected chi connectivity index (χ1v) is 10.6. The molecule has 0 saturated heterocycles. The number of sulfonamides is 1. The van der Waals surface area contributed by atoms with Crippen LogP contribution in [0.4, 0.5) is 21.5 Å². The van der Waals surface area contributed by atoms with E-state index in [1.807, 2.05) is 4.72 Å². The van der Waals surface area contributed by atoms with Crippen molar-refractivity contribution in [2.24, 2.45) is 0 Å². The quantitative estimate of drug-likeness (QED) is 0.309. The highest BCUT2D eigenvalue weighted by Gasteiger charge is 2.23. The van der Waals surface area contributed by atoms with E-state index in [4.69, 9.17) is 11.6 Å². The fraction of sp³-hybridized carbons (Fsp3) is 0.222. The average molecular weight is 489 g/mol. The van der Waals surface area contributed by atoms with Crippen molar-refractivity contribution < 1.29 is 32.1 Å². The third kappa shape index (κ3) is 6.60. The molecule has 0 heterocycles. The number of carbonyl (C=O) groups is 2. The number of nitrogens with zero attached hydrogens (tertiary/aromatic N) is 2. The van der Waals surface area contributed by atoms with E-state index in [1.54, 1.807) is 14.1 Å². The molecule has 0 aliphatic heterocycles. The zero-order valence-electron chi connectivity index (χ0n) is 16.8. The summed E-state index contributed by atoms with van der Waals surface area (Å²) in [5.41, 5.74) is -0.0687. The summed E-state index contributed by atoms with van der Waals surface area (Å²) in [7, 11) is -1.15. The zero-order valence-corrected chi connectivity index (χ0v) is 18.4. The first kappa shape index (κ1) is 25.0. The molecule has 11 nitrogen and oxygen atoms in total. The number of esters is 1. The first-order chi connectivity index (χ1) is 14.9. The largest absolute Gasteiger partial charge is 0.455 e. The third-order valence-electron chi connectivity index (χ3n) is 3.91. The van der Waals surface area contributed by atoms with Crippen molar-refractivity contribution in [2.45, 2.75) is 4.90 Å². The number of benzene rings is 2. The Balaban J connectivity index is 1.94. The number of hydrogen-bond acceptors (Lipinski definition) is 8. The van der Waals surface area contributed by atoms with Gasteiger partial charge in [0.15, 0.2) is 6.61 Å². The van der Waals surface area contributed by atoms with Crippen molar-refractivity contribution in [3.05, 3.63) is 57.4 Å². The number of ether oxygens (including phenoxy) is 1. The Morgan fingerprint density at radius 3 is 2.50 bits per heavy atom. The summed E-state index contributed by atoms with van der Waals surface area (Å²) >= 11 is 5.59. The normalized spacial score (nSPS) is 11.0. The van der Waals surface area contributed by atoms with Gasteiger partial charge in [0, 0.05) is 25.8 Å². The summed E-state index contributed by atoms with van der Waals surface area (Å²) in [6.45, 7) is -1.56. The van der Waals surface area contributed by atoms with Crippen LogP contribution in [-0.4, -0.2) is 52.5 Å². The van der Waals surface area contributed by atoms with Crippen LogP contribution in [0.2, 0.25) is 5.02 Å². The van der Waals surface area contributed by atoms with Crippen molar-refractivity contribution in [1.82, 2.24) is 4.72 Å². The van der Waals surface area contributed by atoms with Crippen molar-refractivity contribution in [2.75, 3.05) is 37.5 Å². The van der Waals surface area contributed by atoms with Crippen molar-refractivity contribution in [1.29, 1.82) is 0 Å². The van der Waals surface area contributed by atoms with E-state index in [1.165, 1.54) is 17.0 Å². The van der Waals surface area contributed by atoms with Crippen LogP contribution in [0.1, 0.15) is 0 Å². The fourth-order valence-electron chi connectivity index (χ4n) is 2.40. The Bertz CT molecular complexity index is 1160.